The average Bonchev–Trinajstić information content (AvgIpc) is 3.14. The number of hydrogen-bond acceptors (Lipinski definition) is 4. The molecule has 1 saturated carbocycles. The maximum atomic E-state index is 11.7. The van der Waals surface area contributed by atoms with E-state index >= 15 is 0 Å². The second-order valence-electron chi connectivity index (χ2n) is 6.64. The molecule has 0 aromatic heterocycles. The molecular weight excluding hydrogens is 256 g/mol. The van der Waals surface area contributed by atoms with Gasteiger partial charge in [-0.3, -0.25) is 14.5 Å². The number of rotatable bonds is 7. The van der Waals surface area contributed by atoms with Crippen LogP contribution >= 0.6 is 0 Å². The van der Waals surface area contributed by atoms with Gasteiger partial charge in [-0.25, -0.2) is 0 Å². The Morgan fingerprint density at radius 3 is 2.40 bits per heavy atom. The number of esters is 1. The van der Waals surface area contributed by atoms with Gasteiger partial charge < -0.3 is 10.1 Å². The third kappa shape index (κ3) is 6.89. The second-order valence-corrected chi connectivity index (χ2v) is 6.64. The van der Waals surface area contributed by atoms with Crippen molar-refractivity contribution in [3.05, 3.63) is 0 Å². The van der Waals surface area contributed by atoms with Crippen LogP contribution in [0.15, 0.2) is 0 Å². The average molecular weight is 284 g/mol. The number of hydrogen-bond donors (Lipinski definition) is 1. The minimum absolute atomic E-state index is 0.0908. The molecule has 1 aliphatic rings. The number of ether oxygens (including phenoxy) is 1. The van der Waals surface area contributed by atoms with Crippen molar-refractivity contribution in [3.63, 3.8) is 0 Å². The van der Waals surface area contributed by atoms with Crippen molar-refractivity contribution in [1.82, 2.24) is 10.2 Å². The Hall–Kier alpha value is -1.10. The molecule has 116 valence electrons. The smallest absolute Gasteiger partial charge is 0.306 e. The maximum absolute atomic E-state index is 11.7. The predicted octanol–water partition coefficient (Wildman–Crippen LogP) is 1.71. The lowest BCUT2D eigenvalue weighted by atomic mass is 10.2. The summed E-state index contributed by atoms with van der Waals surface area (Å²) in [4.78, 5) is 25.5. The molecule has 1 rings (SSSR count). The number of carbonyl (C=O) groups is 2. The van der Waals surface area contributed by atoms with Crippen LogP contribution in [0.1, 0.15) is 53.4 Å². The van der Waals surface area contributed by atoms with E-state index in [9.17, 15) is 9.59 Å². The van der Waals surface area contributed by atoms with E-state index in [0.29, 0.717) is 18.6 Å². The first-order chi connectivity index (χ1) is 9.19. The molecule has 0 bridgehead atoms. The van der Waals surface area contributed by atoms with Crippen LogP contribution in [0.4, 0.5) is 0 Å². The van der Waals surface area contributed by atoms with Crippen LogP contribution in [0, 0.1) is 0 Å². The topological polar surface area (TPSA) is 58.6 Å². The molecule has 1 N–H and O–H groups in total. The molecule has 0 saturated heterocycles. The molecule has 0 spiro atoms. The van der Waals surface area contributed by atoms with Crippen LogP contribution in [-0.4, -0.2) is 48.1 Å². The van der Waals surface area contributed by atoms with Gasteiger partial charge in [-0.05, 0) is 47.6 Å². The number of carbonyl (C=O) groups excluding carboxylic acids is 2. The van der Waals surface area contributed by atoms with Crippen molar-refractivity contribution in [1.29, 1.82) is 0 Å². The molecule has 0 heterocycles. The van der Waals surface area contributed by atoms with Crippen LogP contribution in [0.5, 0.6) is 0 Å². The highest BCUT2D eigenvalue weighted by atomic mass is 16.6. The van der Waals surface area contributed by atoms with E-state index < -0.39 is 5.60 Å². The minimum atomic E-state index is -0.491. The summed E-state index contributed by atoms with van der Waals surface area (Å²) in [5, 5.41) is 2.88. The van der Waals surface area contributed by atoms with Crippen LogP contribution < -0.4 is 5.32 Å². The fourth-order valence-electron chi connectivity index (χ4n) is 1.94. The van der Waals surface area contributed by atoms with Gasteiger partial charge in [-0.1, -0.05) is 0 Å². The van der Waals surface area contributed by atoms with Crippen LogP contribution in [0.3, 0.4) is 0 Å². The molecular formula is C15H28N2O3. The molecule has 0 aromatic carbocycles. The summed E-state index contributed by atoms with van der Waals surface area (Å²) >= 11 is 0. The fourth-order valence-corrected chi connectivity index (χ4v) is 1.94. The van der Waals surface area contributed by atoms with E-state index in [1.165, 1.54) is 12.8 Å². The largest absolute Gasteiger partial charge is 0.460 e. The first kappa shape index (κ1) is 17.0. The van der Waals surface area contributed by atoms with E-state index in [2.05, 4.69) is 24.2 Å². The highest BCUT2D eigenvalue weighted by Crippen LogP contribution is 2.26. The van der Waals surface area contributed by atoms with Crippen molar-refractivity contribution in [3.8, 4) is 0 Å². The van der Waals surface area contributed by atoms with Crippen molar-refractivity contribution in [2.24, 2.45) is 0 Å². The lowest BCUT2D eigenvalue weighted by Crippen LogP contribution is -2.41. The molecule has 1 aliphatic carbocycles. The summed E-state index contributed by atoms with van der Waals surface area (Å²) in [6.45, 7) is 8.19. The summed E-state index contributed by atoms with van der Waals surface area (Å²) in [7, 11) is 2.09. The highest BCUT2D eigenvalue weighted by Gasteiger charge is 2.29. The van der Waals surface area contributed by atoms with Crippen LogP contribution in [0.25, 0.3) is 0 Å². The Kier molecular flexibility index (Phi) is 5.99. The Bertz CT molecular complexity index is 346. The summed E-state index contributed by atoms with van der Waals surface area (Å²) in [5.41, 5.74) is -0.491. The zero-order valence-electron chi connectivity index (χ0n) is 13.4. The maximum Gasteiger partial charge on any atom is 0.306 e. The lowest BCUT2D eigenvalue weighted by Gasteiger charge is -2.24. The zero-order valence-corrected chi connectivity index (χ0v) is 13.4. The van der Waals surface area contributed by atoms with Crippen molar-refractivity contribution in [2.75, 3.05) is 13.6 Å². The van der Waals surface area contributed by atoms with Gasteiger partial charge in [-0.2, -0.15) is 0 Å². The third-order valence-corrected chi connectivity index (χ3v) is 3.39. The summed E-state index contributed by atoms with van der Waals surface area (Å²) in [6.07, 6.45) is 2.84. The number of nitrogens with one attached hydrogen (secondary N) is 1. The van der Waals surface area contributed by atoms with Gasteiger partial charge in [0.05, 0.1) is 6.42 Å². The normalized spacial score (nSPS) is 16.9. The van der Waals surface area contributed by atoms with Crippen molar-refractivity contribution in [2.45, 2.75) is 71.1 Å². The van der Waals surface area contributed by atoms with Gasteiger partial charge >= 0.3 is 5.97 Å². The highest BCUT2D eigenvalue weighted by molar-refractivity contribution is 5.81. The molecule has 1 fully saturated rings. The zero-order chi connectivity index (χ0) is 15.3. The van der Waals surface area contributed by atoms with Crippen molar-refractivity contribution < 1.29 is 14.3 Å². The third-order valence-electron chi connectivity index (χ3n) is 3.39. The molecule has 5 nitrogen and oxygen atoms in total. The van der Waals surface area contributed by atoms with E-state index in [1.54, 1.807) is 0 Å². The van der Waals surface area contributed by atoms with Gasteiger partial charge in [-0.15, -0.1) is 0 Å². The lowest BCUT2D eigenvalue weighted by molar-refractivity contribution is -0.155. The molecule has 1 amide bonds. The van der Waals surface area contributed by atoms with E-state index in [0.717, 1.165) is 0 Å². The number of amides is 1. The molecule has 1 atom stereocenters. The summed E-state index contributed by atoms with van der Waals surface area (Å²) in [6, 6.07) is 1.01. The monoisotopic (exact) mass is 284 g/mol. The predicted molar refractivity (Wildman–Crippen MR) is 78.3 cm³/mol. The van der Waals surface area contributed by atoms with Crippen molar-refractivity contribution >= 4 is 11.9 Å². The van der Waals surface area contributed by atoms with Gasteiger partial charge in [0.25, 0.3) is 0 Å². The molecule has 5 heteroatoms. The Balaban J connectivity index is 2.15. The van der Waals surface area contributed by atoms with Crippen LogP contribution in [0.2, 0.25) is 0 Å². The molecule has 0 radical (unpaired) electrons. The van der Waals surface area contributed by atoms with Gasteiger partial charge in [0.15, 0.2) is 0 Å². The molecule has 0 aliphatic heterocycles. The molecule has 1 unspecified atom stereocenters. The van der Waals surface area contributed by atoms with Gasteiger partial charge in [0, 0.05) is 25.0 Å². The minimum Gasteiger partial charge on any atom is -0.460 e. The Morgan fingerprint density at radius 2 is 1.90 bits per heavy atom. The summed E-state index contributed by atoms with van der Waals surface area (Å²) < 4.78 is 5.16. The number of nitrogens with zero attached hydrogens (tertiary/aromatic N) is 1. The standard InChI is InChI=1S/C15H28N2O3/c1-11(17(5)12-6-7-12)10-16-13(18)8-9-14(19)20-15(2,3)4/h11-12H,6-10H2,1-5H3,(H,16,18). The first-order valence-electron chi connectivity index (χ1n) is 7.39. The SMILES string of the molecule is CC(CNC(=O)CCC(=O)OC(C)(C)C)N(C)C1CC1. The Morgan fingerprint density at radius 1 is 1.30 bits per heavy atom. The molecule has 20 heavy (non-hydrogen) atoms. The number of likely N-dealkylation sites (N-methyl/N-ethyl adjacent to an activating group) is 1. The first-order valence-corrected chi connectivity index (χ1v) is 7.39. The molecule has 0 aromatic rings. The Labute approximate surface area is 122 Å². The quantitative estimate of drug-likeness (QED) is 0.723. The second kappa shape index (κ2) is 7.07. The fraction of sp³-hybridized carbons (Fsp3) is 0.867. The van der Waals surface area contributed by atoms with Gasteiger partial charge in [0.2, 0.25) is 5.91 Å². The van der Waals surface area contributed by atoms with E-state index in [-0.39, 0.29) is 24.7 Å². The van der Waals surface area contributed by atoms with Gasteiger partial charge in [0.1, 0.15) is 5.60 Å². The van der Waals surface area contributed by atoms with Crippen LogP contribution in [-0.2, 0) is 14.3 Å². The summed E-state index contributed by atoms with van der Waals surface area (Å²) in [5.74, 6) is -0.414. The van der Waals surface area contributed by atoms with E-state index in [4.69, 9.17) is 4.74 Å². The van der Waals surface area contributed by atoms with E-state index in [1.807, 2.05) is 20.8 Å².